The number of ether oxygens (including phenoxy) is 2. The molecule has 0 radical (unpaired) electrons. The SMILES string of the molecule is COc1ccc(C(C#N)N2CCN(C(=O)N3CCOCC3)CC2)cc1. The molecule has 1 aromatic carbocycles. The molecule has 0 spiro atoms. The molecule has 1 unspecified atom stereocenters. The van der Waals surface area contributed by atoms with Gasteiger partial charge in [-0.3, -0.25) is 4.90 Å². The summed E-state index contributed by atoms with van der Waals surface area (Å²) in [6.45, 7) is 5.21. The first-order valence-electron chi connectivity index (χ1n) is 8.62. The quantitative estimate of drug-likeness (QED) is 0.827. The second-order valence-electron chi connectivity index (χ2n) is 6.21. The highest BCUT2D eigenvalue weighted by Crippen LogP contribution is 2.24. The average molecular weight is 344 g/mol. The van der Waals surface area contributed by atoms with E-state index in [4.69, 9.17) is 9.47 Å². The van der Waals surface area contributed by atoms with Crippen LogP contribution in [0.3, 0.4) is 0 Å². The summed E-state index contributed by atoms with van der Waals surface area (Å²) in [5.74, 6) is 0.779. The Kier molecular flexibility index (Phi) is 5.74. The summed E-state index contributed by atoms with van der Waals surface area (Å²) in [5, 5.41) is 9.61. The van der Waals surface area contributed by atoms with Gasteiger partial charge >= 0.3 is 6.03 Å². The van der Waals surface area contributed by atoms with E-state index in [9.17, 15) is 10.1 Å². The van der Waals surface area contributed by atoms with Crippen LogP contribution in [0, 0.1) is 11.3 Å². The van der Waals surface area contributed by atoms with E-state index in [1.807, 2.05) is 34.1 Å². The zero-order chi connectivity index (χ0) is 17.6. The molecule has 7 nitrogen and oxygen atoms in total. The molecule has 2 aliphatic rings. The number of nitrogens with zero attached hydrogens (tertiary/aromatic N) is 4. The van der Waals surface area contributed by atoms with Crippen molar-refractivity contribution in [3.63, 3.8) is 0 Å². The monoisotopic (exact) mass is 344 g/mol. The number of nitriles is 1. The molecule has 7 heteroatoms. The Labute approximate surface area is 148 Å². The molecule has 0 N–H and O–H groups in total. The van der Waals surface area contributed by atoms with Gasteiger partial charge in [0.15, 0.2) is 0 Å². The summed E-state index contributed by atoms with van der Waals surface area (Å²) < 4.78 is 10.5. The van der Waals surface area contributed by atoms with E-state index in [1.54, 1.807) is 7.11 Å². The number of amides is 2. The fourth-order valence-corrected chi connectivity index (χ4v) is 3.28. The molecule has 2 heterocycles. The van der Waals surface area contributed by atoms with Crippen LogP contribution in [0.2, 0.25) is 0 Å². The number of piperazine rings is 1. The number of methoxy groups -OCH3 is 1. The molecule has 2 amide bonds. The van der Waals surface area contributed by atoms with E-state index in [1.165, 1.54) is 0 Å². The number of urea groups is 1. The Bertz CT molecular complexity index is 614. The van der Waals surface area contributed by atoms with Gasteiger partial charge in [0.25, 0.3) is 0 Å². The van der Waals surface area contributed by atoms with Gasteiger partial charge in [-0.15, -0.1) is 0 Å². The van der Waals surface area contributed by atoms with E-state index >= 15 is 0 Å². The van der Waals surface area contributed by atoms with Crippen molar-refractivity contribution in [3.05, 3.63) is 29.8 Å². The first kappa shape index (κ1) is 17.5. The summed E-state index contributed by atoms with van der Waals surface area (Å²) in [6.07, 6.45) is 0. The zero-order valence-corrected chi connectivity index (χ0v) is 14.6. The molecular weight excluding hydrogens is 320 g/mol. The van der Waals surface area contributed by atoms with E-state index < -0.39 is 0 Å². The molecule has 134 valence electrons. The first-order chi connectivity index (χ1) is 12.2. The fraction of sp³-hybridized carbons (Fsp3) is 0.556. The van der Waals surface area contributed by atoms with Gasteiger partial charge in [0.1, 0.15) is 11.8 Å². The lowest BCUT2D eigenvalue weighted by Crippen LogP contribution is -2.55. The van der Waals surface area contributed by atoms with Crippen LogP contribution in [-0.4, -0.2) is 80.3 Å². The van der Waals surface area contributed by atoms with Crippen molar-refractivity contribution in [3.8, 4) is 11.8 Å². The largest absolute Gasteiger partial charge is 0.497 e. The molecule has 2 aliphatic heterocycles. The third-order valence-corrected chi connectivity index (χ3v) is 4.79. The smallest absolute Gasteiger partial charge is 0.320 e. The molecule has 1 aromatic rings. The normalized spacial score (nSPS) is 20.0. The molecule has 2 saturated heterocycles. The summed E-state index contributed by atoms with van der Waals surface area (Å²) in [7, 11) is 1.63. The topological polar surface area (TPSA) is 69.0 Å². The number of hydrogen-bond acceptors (Lipinski definition) is 5. The predicted molar refractivity (Wildman–Crippen MR) is 92.3 cm³/mol. The van der Waals surface area contributed by atoms with Gasteiger partial charge in [0.2, 0.25) is 0 Å². The van der Waals surface area contributed by atoms with Gasteiger partial charge in [-0.1, -0.05) is 12.1 Å². The van der Waals surface area contributed by atoms with Gasteiger partial charge in [0, 0.05) is 39.3 Å². The van der Waals surface area contributed by atoms with Crippen molar-refractivity contribution in [2.24, 2.45) is 0 Å². The predicted octanol–water partition coefficient (Wildman–Crippen LogP) is 1.33. The molecule has 2 fully saturated rings. The third-order valence-electron chi connectivity index (χ3n) is 4.79. The van der Waals surface area contributed by atoms with Crippen molar-refractivity contribution in [2.75, 3.05) is 59.6 Å². The van der Waals surface area contributed by atoms with E-state index in [0.29, 0.717) is 52.5 Å². The van der Waals surface area contributed by atoms with Crippen molar-refractivity contribution in [1.82, 2.24) is 14.7 Å². The molecule has 25 heavy (non-hydrogen) atoms. The highest BCUT2D eigenvalue weighted by Gasteiger charge is 2.29. The number of carbonyl (C=O) groups excluding carboxylic acids is 1. The van der Waals surface area contributed by atoms with Gasteiger partial charge in [-0.2, -0.15) is 5.26 Å². The Morgan fingerprint density at radius 3 is 2.24 bits per heavy atom. The maximum Gasteiger partial charge on any atom is 0.320 e. The van der Waals surface area contributed by atoms with Crippen LogP contribution in [0.4, 0.5) is 4.79 Å². The van der Waals surface area contributed by atoms with Crippen LogP contribution in [0.15, 0.2) is 24.3 Å². The summed E-state index contributed by atoms with van der Waals surface area (Å²) in [4.78, 5) is 18.4. The minimum atomic E-state index is -0.299. The standard InChI is InChI=1S/C18H24N4O3/c1-24-16-4-2-15(3-5-16)17(14-19)20-6-8-21(9-7-20)18(23)22-10-12-25-13-11-22/h2-5,17H,6-13H2,1H3. The van der Waals surface area contributed by atoms with Crippen LogP contribution in [0.5, 0.6) is 5.75 Å². The van der Waals surface area contributed by atoms with Crippen LogP contribution < -0.4 is 4.74 Å². The van der Waals surface area contributed by atoms with Crippen molar-refractivity contribution in [1.29, 1.82) is 5.26 Å². The number of rotatable bonds is 3. The average Bonchev–Trinajstić information content (AvgIpc) is 2.70. The lowest BCUT2D eigenvalue weighted by atomic mass is 10.1. The van der Waals surface area contributed by atoms with Crippen molar-refractivity contribution < 1.29 is 14.3 Å². The second-order valence-corrected chi connectivity index (χ2v) is 6.21. The Morgan fingerprint density at radius 1 is 1.08 bits per heavy atom. The van der Waals surface area contributed by atoms with Gasteiger partial charge in [-0.05, 0) is 17.7 Å². The highest BCUT2D eigenvalue weighted by atomic mass is 16.5. The number of benzene rings is 1. The van der Waals surface area contributed by atoms with Crippen LogP contribution >= 0.6 is 0 Å². The van der Waals surface area contributed by atoms with E-state index in [-0.39, 0.29) is 12.1 Å². The minimum Gasteiger partial charge on any atom is -0.497 e. The molecule has 0 saturated carbocycles. The zero-order valence-electron chi connectivity index (χ0n) is 14.6. The van der Waals surface area contributed by atoms with Crippen molar-refractivity contribution >= 4 is 6.03 Å². The van der Waals surface area contributed by atoms with E-state index in [0.717, 1.165) is 11.3 Å². The molecule has 0 bridgehead atoms. The maximum absolute atomic E-state index is 12.5. The molecule has 1 atom stereocenters. The third kappa shape index (κ3) is 4.03. The Hall–Kier alpha value is -2.30. The van der Waals surface area contributed by atoms with Gasteiger partial charge in [-0.25, -0.2) is 4.79 Å². The Balaban J connectivity index is 1.58. The van der Waals surface area contributed by atoms with Crippen LogP contribution in [-0.2, 0) is 4.74 Å². The molecule has 0 aromatic heterocycles. The lowest BCUT2D eigenvalue weighted by Gasteiger charge is -2.39. The molecule has 0 aliphatic carbocycles. The van der Waals surface area contributed by atoms with Crippen LogP contribution in [0.1, 0.15) is 11.6 Å². The highest BCUT2D eigenvalue weighted by molar-refractivity contribution is 5.74. The van der Waals surface area contributed by atoms with Crippen LogP contribution in [0.25, 0.3) is 0 Å². The summed E-state index contributed by atoms with van der Waals surface area (Å²) >= 11 is 0. The van der Waals surface area contributed by atoms with Gasteiger partial charge < -0.3 is 19.3 Å². The van der Waals surface area contributed by atoms with Gasteiger partial charge in [0.05, 0.1) is 26.4 Å². The fourth-order valence-electron chi connectivity index (χ4n) is 3.28. The minimum absolute atomic E-state index is 0.0842. The van der Waals surface area contributed by atoms with E-state index in [2.05, 4.69) is 11.0 Å². The number of carbonyl (C=O) groups is 1. The lowest BCUT2D eigenvalue weighted by molar-refractivity contribution is 0.0363. The number of hydrogen-bond donors (Lipinski definition) is 0. The molecular formula is C18H24N4O3. The second kappa shape index (κ2) is 8.19. The summed E-state index contributed by atoms with van der Waals surface area (Å²) in [5.41, 5.74) is 0.955. The van der Waals surface area contributed by atoms with Crippen molar-refractivity contribution in [2.45, 2.75) is 6.04 Å². The summed E-state index contributed by atoms with van der Waals surface area (Å²) in [6, 6.07) is 9.78. The maximum atomic E-state index is 12.5. The number of morpholine rings is 1. The first-order valence-corrected chi connectivity index (χ1v) is 8.62. The Morgan fingerprint density at radius 2 is 1.68 bits per heavy atom. The molecule has 3 rings (SSSR count).